The molecule has 2 unspecified atom stereocenters. The number of aryl methyl sites for hydroxylation is 1. The molecule has 0 radical (unpaired) electrons. The van der Waals surface area contributed by atoms with E-state index in [1.54, 1.807) is 0 Å². The Labute approximate surface area is 104 Å². The molecule has 1 aliphatic rings. The summed E-state index contributed by atoms with van der Waals surface area (Å²) in [5.74, 6) is 0.750. The van der Waals surface area contributed by atoms with Crippen LogP contribution in [0, 0.1) is 5.92 Å². The number of hydrogen-bond acceptors (Lipinski definition) is 3. The van der Waals surface area contributed by atoms with Gasteiger partial charge in [0.05, 0.1) is 0 Å². The highest BCUT2D eigenvalue weighted by molar-refractivity contribution is 5.00. The second kappa shape index (κ2) is 5.65. The van der Waals surface area contributed by atoms with Gasteiger partial charge in [0.2, 0.25) is 0 Å². The molecule has 4 heteroatoms. The number of piperidine rings is 1. The standard InChI is InChI=1S/C13H24N4/c1-11-10-16(2)9-6-13(11)14-7-4-12-5-8-15-17(12)3/h5,8,11,13-14H,4,6-7,9-10H2,1-3H3. The van der Waals surface area contributed by atoms with E-state index in [9.17, 15) is 0 Å². The zero-order valence-electron chi connectivity index (χ0n) is 11.2. The summed E-state index contributed by atoms with van der Waals surface area (Å²) in [6.07, 6.45) is 4.20. The predicted molar refractivity (Wildman–Crippen MR) is 70.0 cm³/mol. The lowest BCUT2D eigenvalue weighted by molar-refractivity contribution is 0.175. The van der Waals surface area contributed by atoms with Crippen LogP contribution in [-0.2, 0) is 13.5 Å². The smallest absolute Gasteiger partial charge is 0.0492 e. The Balaban J connectivity index is 1.73. The van der Waals surface area contributed by atoms with Gasteiger partial charge in [-0.25, -0.2) is 0 Å². The molecule has 1 fully saturated rings. The highest BCUT2D eigenvalue weighted by Crippen LogP contribution is 2.15. The highest BCUT2D eigenvalue weighted by Gasteiger charge is 2.23. The Kier molecular flexibility index (Phi) is 4.18. The van der Waals surface area contributed by atoms with Crippen molar-refractivity contribution in [3.8, 4) is 0 Å². The van der Waals surface area contributed by atoms with Crippen molar-refractivity contribution in [2.24, 2.45) is 13.0 Å². The lowest BCUT2D eigenvalue weighted by Gasteiger charge is -2.35. The Bertz CT molecular complexity index is 347. The van der Waals surface area contributed by atoms with Crippen molar-refractivity contribution < 1.29 is 0 Å². The maximum atomic E-state index is 4.19. The quantitative estimate of drug-likeness (QED) is 0.843. The molecule has 2 rings (SSSR count). The SMILES string of the molecule is CC1CN(C)CCC1NCCc1ccnn1C. The van der Waals surface area contributed by atoms with Crippen LogP contribution < -0.4 is 5.32 Å². The number of rotatable bonds is 4. The lowest BCUT2D eigenvalue weighted by Crippen LogP contribution is -2.47. The van der Waals surface area contributed by atoms with Gasteiger partial charge >= 0.3 is 0 Å². The fourth-order valence-corrected chi connectivity index (χ4v) is 2.69. The first-order chi connectivity index (χ1) is 8.16. The molecule has 1 aromatic heterocycles. The van der Waals surface area contributed by atoms with Gasteiger partial charge in [-0.3, -0.25) is 4.68 Å². The molecular weight excluding hydrogens is 212 g/mol. The summed E-state index contributed by atoms with van der Waals surface area (Å²) < 4.78 is 1.96. The maximum absolute atomic E-state index is 4.19. The Morgan fingerprint density at radius 2 is 2.29 bits per heavy atom. The van der Waals surface area contributed by atoms with Crippen LogP contribution in [0.5, 0.6) is 0 Å². The van der Waals surface area contributed by atoms with Crippen molar-refractivity contribution in [3.05, 3.63) is 18.0 Å². The predicted octanol–water partition coefficient (Wildman–Crippen LogP) is 0.892. The van der Waals surface area contributed by atoms with Crippen molar-refractivity contribution in [1.29, 1.82) is 0 Å². The molecule has 0 aliphatic carbocycles. The van der Waals surface area contributed by atoms with Gasteiger partial charge in [0.25, 0.3) is 0 Å². The van der Waals surface area contributed by atoms with Gasteiger partial charge < -0.3 is 10.2 Å². The summed E-state index contributed by atoms with van der Waals surface area (Å²) >= 11 is 0. The van der Waals surface area contributed by atoms with Crippen LogP contribution in [0.1, 0.15) is 19.0 Å². The van der Waals surface area contributed by atoms with Crippen molar-refractivity contribution in [2.75, 3.05) is 26.7 Å². The van der Waals surface area contributed by atoms with E-state index < -0.39 is 0 Å². The first-order valence-corrected chi connectivity index (χ1v) is 6.55. The fourth-order valence-electron chi connectivity index (χ4n) is 2.69. The first kappa shape index (κ1) is 12.6. The topological polar surface area (TPSA) is 33.1 Å². The van der Waals surface area contributed by atoms with Crippen LogP contribution in [-0.4, -0.2) is 47.4 Å². The van der Waals surface area contributed by atoms with Crippen LogP contribution in [0.3, 0.4) is 0 Å². The molecule has 2 heterocycles. The molecule has 1 N–H and O–H groups in total. The Hall–Kier alpha value is -0.870. The van der Waals surface area contributed by atoms with Crippen LogP contribution >= 0.6 is 0 Å². The minimum absolute atomic E-state index is 0.680. The normalized spacial score (nSPS) is 26.3. The molecule has 1 saturated heterocycles. The van der Waals surface area contributed by atoms with Gasteiger partial charge in [-0.2, -0.15) is 5.10 Å². The van der Waals surface area contributed by atoms with E-state index in [0.717, 1.165) is 18.9 Å². The van der Waals surface area contributed by atoms with E-state index in [1.165, 1.54) is 25.2 Å². The van der Waals surface area contributed by atoms with Crippen molar-refractivity contribution >= 4 is 0 Å². The summed E-state index contributed by atoms with van der Waals surface area (Å²) in [5.41, 5.74) is 1.30. The molecule has 96 valence electrons. The van der Waals surface area contributed by atoms with E-state index in [0.29, 0.717) is 6.04 Å². The second-order valence-electron chi connectivity index (χ2n) is 5.28. The lowest BCUT2D eigenvalue weighted by atomic mass is 9.94. The average Bonchev–Trinajstić information content (AvgIpc) is 2.68. The molecule has 0 saturated carbocycles. The highest BCUT2D eigenvalue weighted by atomic mass is 15.3. The number of aromatic nitrogens is 2. The summed E-state index contributed by atoms with van der Waals surface area (Å²) in [6.45, 7) is 5.83. The number of hydrogen-bond donors (Lipinski definition) is 1. The summed E-state index contributed by atoms with van der Waals surface area (Å²) in [5, 5.41) is 7.88. The van der Waals surface area contributed by atoms with Gasteiger partial charge in [-0.15, -0.1) is 0 Å². The van der Waals surface area contributed by atoms with Crippen molar-refractivity contribution in [3.63, 3.8) is 0 Å². The third kappa shape index (κ3) is 3.30. The maximum Gasteiger partial charge on any atom is 0.0492 e. The monoisotopic (exact) mass is 236 g/mol. The van der Waals surface area contributed by atoms with Crippen LogP contribution in [0.25, 0.3) is 0 Å². The molecule has 1 aromatic rings. The van der Waals surface area contributed by atoms with Gasteiger partial charge in [0, 0.05) is 44.5 Å². The number of nitrogens with one attached hydrogen (secondary N) is 1. The van der Waals surface area contributed by atoms with E-state index in [4.69, 9.17) is 0 Å². The number of likely N-dealkylation sites (tertiary alicyclic amines) is 1. The second-order valence-corrected chi connectivity index (χ2v) is 5.28. The molecule has 1 aliphatic heterocycles. The van der Waals surface area contributed by atoms with E-state index in [1.807, 2.05) is 17.9 Å². The Morgan fingerprint density at radius 3 is 2.94 bits per heavy atom. The van der Waals surface area contributed by atoms with E-state index in [-0.39, 0.29) is 0 Å². The minimum atomic E-state index is 0.680. The molecule has 0 spiro atoms. The zero-order chi connectivity index (χ0) is 12.3. The largest absolute Gasteiger partial charge is 0.313 e. The fraction of sp³-hybridized carbons (Fsp3) is 0.769. The third-order valence-corrected chi connectivity index (χ3v) is 3.82. The average molecular weight is 236 g/mol. The molecule has 0 bridgehead atoms. The molecule has 2 atom stereocenters. The first-order valence-electron chi connectivity index (χ1n) is 6.55. The number of nitrogens with zero attached hydrogens (tertiary/aromatic N) is 3. The van der Waals surface area contributed by atoms with Gasteiger partial charge in [-0.05, 0) is 32.0 Å². The molecule has 17 heavy (non-hydrogen) atoms. The van der Waals surface area contributed by atoms with Gasteiger partial charge in [0.15, 0.2) is 0 Å². The van der Waals surface area contributed by atoms with Crippen LogP contribution in [0.4, 0.5) is 0 Å². The summed E-state index contributed by atoms with van der Waals surface area (Å²) in [4.78, 5) is 2.42. The molecule has 0 amide bonds. The van der Waals surface area contributed by atoms with Gasteiger partial charge in [0.1, 0.15) is 0 Å². The third-order valence-electron chi connectivity index (χ3n) is 3.82. The van der Waals surface area contributed by atoms with E-state index in [2.05, 4.69) is 35.4 Å². The molecule has 0 aromatic carbocycles. The summed E-state index contributed by atoms with van der Waals surface area (Å²) in [7, 11) is 4.22. The van der Waals surface area contributed by atoms with Crippen molar-refractivity contribution in [1.82, 2.24) is 20.0 Å². The summed E-state index contributed by atoms with van der Waals surface area (Å²) in [6, 6.07) is 2.78. The van der Waals surface area contributed by atoms with Crippen LogP contribution in [0.15, 0.2) is 12.3 Å². The Morgan fingerprint density at radius 1 is 1.47 bits per heavy atom. The van der Waals surface area contributed by atoms with Gasteiger partial charge in [-0.1, -0.05) is 6.92 Å². The molecule has 4 nitrogen and oxygen atoms in total. The molecular formula is C13H24N4. The van der Waals surface area contributed by atoms with Crippen LogP contribution in [0.2, 0.25) is 0 Å². The van der Waals surface area contributed by atoms with Crippen molar-refractivity contribution in [2.45, 2.75) is 25.8 Å². The zero-order valence-corrected chi connectivity index (χ0v) is 11.2. The minimum Gasteiger partial charge on any atom is -0.313 e. The van der Waals surface area contributed by atoms with E-state index >= 15 is 0 Å².